The molecule has 0 bridgehead atoms. The molecular formula is C22H25FN6O2. The molecular weight excluding hydrogens is 399 g/mol. The third-order valence-corrected chi connectivity index (χ3v) is 6.10. The van der Waals surface area contributed by atoms with Crippen molar-refractivity contribution in [2.75, 3.05) is 24.5 Å². The summed E-state index contributed by atoms with van der Waals surface area (Å²) in [7, 11) is 0. The summed E-state index contributed by atoms with van der Waals surface area (Å²) >= 11 is 0. The van der Waals surface area contributed by atoms with Crippen LogP contribution in [-0.4, -0.2) is 55.8 Å². The van der Waals surface area contributed by atoms with Gasteiger partial charge < -0.3 is 9.80 Å². The summed E-state index contributed by atoms with van der Waals surface area (Å²) in [4.78, 5) is 33.4. The highest BCUT2D eigenvalue weighted by atomic mass is 19.1. The Morgan fingerprint density at radius 3 is 2.94 bits per heavy atom. The summed E-state index contributed by atoms with van der Waals surface area (Å²) in [5.41, 5.74) is 2.86. The van der Waals surface area contributed by atoms with Crippen LogP contribution in [0.4, 0.5) is 15.9 Å². The van der Waals surface area contributed by atoms with Crippen molar-refractivity contribution in [1.29, 1.82) is 0 Å². The third kappa shape index (κ3) is 3.47. The average Bonchev–Trinajstić information content (AvgIpc) is 3.12. The van der Waals surface area contributed by atoms with Crippen molar-refractivity contribution in [1.82, 2.24) is 24.1 Å². The van der Waals surface area contributed by atoms with Gasteiger partial charge in [-0.15, -0.1) is 5.10 Å². The lowest BCUT2D eigenvalue weighted by atomic mass is 10.0. The van der Waals surface area contributed by atoms with Gasteiger partial charge >= 0.3 is 5.69 Å². The van der Waals surface area contributed by atoms with Gasteiger partial charge in [0.05, 0.1) is 12.1 Å². The molecule has 31 heavy (non-hydrogen) atoms. The normalized spacial score (nSPS) is 19.0. The Morgan fingerprint density at radius 2 is 2.13 bits per heavy atom. The number of halogens is 1. The van der Waals surface area contributed by atoms with Gasteiger partial charge in [-0.25, -0.2) is 18.9 Å². The molecule has 2 aliphatic heterocycles. The molecule has 8 nitrogen and oxygen atoms in total. The molecule has 2 aliphatic rings. The number of aryl methyl sites for hydroxylation is 2. The van der Waals surface area contributed by atoms with Crippen LogP contribution < -0.4 is 10.6 Å². The molecule has 0 aliphatic carbocycles. The molecule has 0 N–H and O–H groups in total. The zero-order valence-corrected chi connectivity index (χ0v) is 17.5. The lowest BCUT2D eigenvalue weighted by Crippen LogP contribution is -2.40. The summed E-state index contributed by atoms with van der Waals surface area (Å²) in [5.74, 6) is 0.659. The molecule has 162 valence electrons. The summed E-state index contributed by atoms with van der Waals surface area (Å²) in [5, 5.41) is 4.38. The fraction of sp³-hybridized carbons (Fsp3) is 0.455. The van der Waals surface area contributed by atoms with Crippen LogP contribution in [0.5, 0.6) is 0 Å². The molecule has 1 amide bonds. The lowest BCUT2D eigenvalue weighted by Gasteiger charge is -2.31. The van der Waals surface area contributed by atoms with Gasteiger partial charge in [-0.05, 0) is 50.3 Å². The lowest BCUT2D eigenvalue weighted by molar-refractivity contribution is 0.0635. The Kier molecular flexibility index (Phi) is 4.95. The van der Waals surface area contributed by atoms with E-state index in [-0.39, 0.29) is 18.1 Å². The first-order valence-corrected chi connectivity index (χ1v) is 10.8. The number of hydrogen-bond donors (Lipinski definition) is 0. The molecule has 3 aromatic heterocycles. The number of carbonyl (C=O) groups excluding carboxylic acids is 1. The van der Waals surface area contributed by atoms with Crippen LogP contribution in [0.1, 0.15) is 42.1 Å². The zero-order chi connectivity index (χ0) is 21.5. The van der Waals surface area contributed by atoms with Gasteiger partial charge in [0, 0.05) is 43.8 Å². The highest BCUT2D eigenvalue weighted by molar-refractivity contribution is 5.94. The molecule has 0 saturated carbocycles. The van der Waals surface area contributed by atoms with Crippen molar-refractivity contribution >= 4 is 23.1 Å². The maximum Gasteiger partial charge on any atom is 0.350 e. The number of alkyl halides is 1. The van der Waals surface area contributed by atoms with Crippen LogP contribution >= 0.6 is 0 Å². The summed E-state index contributed by atoms with van der Waals surface area (Å²) in [6.07, 6.45) is 5.35. The van der Waals surface area contributed by atoms with E-state index in [1.54, 1.807) is 17.3 Å². The van der Waals surface area contributed by atoms with Crippen LogP contribution in [0, 0.1) is 0 Å². The Morgan fingerprint density at radius 1 is 1.26 bits per heavy atom. The van der Waals surface area contributed by atoms with Crippen molar-refractivity contribution in [2.24, 2.45) is 0 Å². The van der Waals surface area contributed by atoms with Gasteiger partial charge in [0.1, 0.15) is 12.0 Å². The van der Waals surface area contributed by atoms with Crippen molar-refractivity contribution < 1.29 is 9.18 Å². The van der Waals surface area contributed by atoms with Gasteiger partial charge in [0.15, 0.2) is 5.65 Å². The van der Waals surface area contributed by atoms with Gasteiger partial charge in [0.2, 0.25) is 0 Å². The number of pyridine rings is 2. The van der Waals surface area contributed by atoms with Crippen LogP contribution in [0.3, 0.4) is 0 Å². The van der Waals surface area contributed by atoms with Crippen LogP contribution in [0.15, 0.2) is 35.4 Å². The van der Waals surface area contributed by atoms with E-state index < -0.39 is 6.17 Å². The average molecular weight is 424 g/mol. The molecule has 0 unspecified atom stereocenters. The smallest absolute Gasteiger partial charge is 0.336 e. The summed E-state index contributed by atoms with van der Waals surface area (Å²) in [6, 6.07) is 5.67. The molecule has 5 heterocycles. The van der Waals surface area contributed by atoms with E-state index in [4.69, 9.17) is 0 Å². The van der Waals surface area contributed by atoms with Crippen LogP contribution in [0.25, 0.3) is 5.65 Å². The van der Waals surface area contributed by atoms with Gasteiger partial charge in [0.25, 0.3) is 5.91 Å². The number of fused-ring (bicyclic) bond motifs is 2. The molecule has 1 saturated heterocycles. The number of amides is 1. The molecule has 1 atom stereocenters. The van der Waals surface area contributed by atoms with E-state index in [9.17, 15) is 14.0 Å². The second kappa shape index (κ2) is 7.79. The van der Waals surface area contributed by atoms with Crippen molar-refractivity contribution in [3.05, 3.63) is 52.2 Å². The minimum absolute atomic E-state index is 0.152. The Bertz CT molecular complexity index is 1200. The number of piperidine rings is 1. The van der Waals surface area contributed by atoms with E-state index >= 15 is 0 Å². The number of anilines is 2. The second-order valence-electron chi connectivity index (χ2n) is 8.16. The topological polar surface area (TPSA) is 75.7 Å². The molecule has 0 radical (unpaired) electrons. The standard InChI is InChI=1S/C22H25FN6O2/c1-2-29-22(31)28-10-7-18(12-19(28)25-29)27-9-3-5-15-11-16(13-24-20(15)27)21(30)26-8-4-6-17(23)14-26/h7,10-13,17H,2-6,8-9,14H2,1H3/t17-/m1/s1. The summed E-state index contributed by atoms with van der Waals surface area (Å²) in [6.45, 7) is 3.94. The Balaban J connectivity index is 1.46. The van der Waals surface area contributed by atoms with E-state index in [0.717, 1.165) is 36.5 Å². The molecule has 1 fully saturated rings. The van der Waals surface area contributed by atoms with Crippen molar-refractivity contribution in [3.8, 4) is 0 Å². The maximum absolute atomic E-state index is 13.7. The number of nitrogens with zero attached hydrogens (tertiary/aromatic N) is 6. The number of likely N-dealkylation sites (tertiary alicyclic amines) is 1. The SMILES string of the molecule is CCn1nc2cc(N3CCCc4cc(C(=O)N5CCC[C@@H](F)C5)cnc43)ccn2c1=O. The van der Waals surface area contributed by atoms with Crippen molar-refractivity contribution in [2.45, 2.75) is 45.3 Å². The minimum atomic E-state index is -0.947. The maximum atomic E-state index is 13.7. The predicted octanol–water partition coefficient (Wildman–Crippen LogP) is 2.57. The first-order valence-electron chi connectivity index (χ1n) is 10.8. The molecule has 0 aromatic carbocycles. The van der Waals surface area contributed by atoms with E-state index in [0.29, 0.717) is 37.1 Å². The summed E-state index contributed by atoms with van der Waals surface area (Å²) < 4.78 is 16.7. The predicted molar refractivity (Wildman–Crippen MR) is 115 cm³/mol. The number of hydrogen-bond acceptors (Lipinski definition) is 5. The molecule has 5 rings (SSSR count). The third-order valence-electron chi connectivity index (χ3n) is 6.10. The van der Waals surface area contributed by atoms with Gasteiger partial charge in [-0.2, -0.15) is 0 Å². The van der Waals surface area contributed by atoms with E-state index in [1.165, 1.54) is 9.08 Å². The zero-order valence-electron chi connectivity index (χ0n) is 17.5. The number of aromatic nitrogens is 4. The first-order chi connectivity index (χ1) is 15.0. The quantitative estimate of drug-likeness (QED) is 0.646. The highest BCUT2D eigenvalue weighted by Gasteiger charge is 2.27. The van der Waals surface area contributed by atoms with Gasteiger partial charge in [-0.3, -0.25) is 9.20 Å². The van der Waals surface area contributed by atoms with Crippen molar-refractivity contribution in [3.63, 3.8) is 0 Å². The van der Waals surface area contributed by atoms with Gasteiger partial charge in [-0.1, -0.05) is 0 Å². The largest absolute Gasteiger partial charge is 0.350 e. The Labute approximate surface area is 178 Å². The van der Waals surface area contributed by atoms with E-state index in [1.807, 2.05) is 25.1 Å². The fourth-order valence-corrected chi connectivity index (χ4v) is 4.51. The Hall–Kier alpha value is -3.23. The first kappa shape index (κ1) is 19.7. The second-order valence-corrected chi connectivity index (χ2v) is 8.16. The van der Waals surface area contributed by atoms with Crippen LogP contribution in [0.2, 0.25) is 0 Å². The monoisotopic (exact) mass is 424 g/mol. The molecule has 0 spiro atoms. The fourth-order valence-electron chi connectivity index (χ4n) is 4.51. The highest BCUT2D eigenvalue weighted by Crippen LogP contribution is 2.32. The number of rotatable bonds is 3. The molecule has 9 heteroatoms. The molecule has 3 aromatic rings. The minimum Gasteiger partial charge on any atom is -0.336 e. The van der Waals surface area contributed by atoms with E-state index in [2.05, 4.69) is 15.0 Å². The van der Waals surface area contributed by atoms with Crippen LogP contribution in [-0.2, 0) is 13.0 Å². The number of carbonyl (C=O) groups is 1.